The summed E-state index contributed by atoms with van der Waals surface area (Å²) >= 11 is 1.64. The maximum Gasteiger partial charge on any atom is 0.310 e. The van der Waals surface area contributed by atoms with E-state index in [1.807, 2.05) is 12.1 Å². The van der Waals surface area contributed by atoms with Gasteiger partial charge in [0.2, 0.25) is 0 Å². The van der Waals surface area contributed by atoms with Gasteiger partial charge in [-0.15, -0.1) is 11.3 Å². The molecule has 1 aliphatic rings. The Labute approximate surface area is 116 Å². The van der Waals surface area contributed by atoms with Crippen molar-refractivity contribution in [3.05, 3.63) is 28.8 Å². The van der Waals surface area contributed by atoms with Crippen molar-refractivity contribution in [1.29, 1.82) is 0 Å². The van der Waals surface area contributed by atoms with E-state index in [-0.39, 0.29) is 0 Å². The molecule has 1 aliphatic carbocycles. The lowest BCUT2D eigenvalue weighted by atomic mass is 9.83. The second-order valence-corrected chi connectivity index (χ2v) is 6.66. The second-order valence-electron chi connectivity index (χ2n) is 5.55. The molecule has 1 saturated carbocycles. The Morgan fingerprint density at radius 1 is 1.42 bits per heavy atom. The van der Waals surface area contributed by atoms with E-state index in [1.165, 1.54) is 5.56 Å². The zero-order chi connectivity index (χ0) is 13.5. The van der Waals surface area contributed by atoms with Crippen LogP contribution in [0.4, 0.5) is 0 Å². The average Bonchev–Trinajstić information content (AvgIpc) is 2.96. The number of aryl methyl sites for hydroxylation is 1. The lowest BCUT2D eigenvalue weighted by Gasteiger charge is -2.21. The van der Waals surface area contributed by atoms with E-state index >= 15 is 0 Å². The summed E-state index contributed by atoms with van der Waals surface area (Å²) in [6.45, 7) is 2.06. The van der Waals surface area contributed by atoms with Gasteiger partial charge in [0, 0.05) is 6.42 Å². The number of fused-ring (bicyclic) bond motifs is 1. The van der Waals surface area contributed by atoms with Crippen molar-refractivity contribution in [3.63, 3.8) is 0 Å². The number of hydrogen-bond acceptors (Lipinski definition) is 3. The van der Waals surface area contributed by atoms with Crippen LogP contribution in [0, 0.1) is 12.3 Å². The van der Waals surface area contributed by atoms with Gasteiger partial charge in [-0.3, -0.25) is 4.79 Å². The van der Waals surface area contributed by atoms with Gasteiger partial charge in [0.1, 0.15) is 0 Å². The van der Waals surface area contributed by atoms with Gasteiger partial charge in [-0.2, -0.15) is 0 Å². The monoisotopic (exact) mass is 275 g/mol. The van der Waals surface area contributed by atoms with Crippen LogP contribution in [-0.4, -0.2) is 16.1 Å². The Kier molecular flexibility index (Phi) is 3.05. The molecule has 1 fully saturated rings. The molecule has 1 aromatic carbocycles. The smallest absolute Gasteiger partial charge is 0.310 e. The maximum atomic E-state index is 11.6. The van der Waals surface area contributed by atoms with Crippen molar-refractivity contribution in [2.45, 2.75) is 39.0 Å². The van der Waals surface area contributed by atoms with Crippen LogP contribution < -0.4 is 0 Å². The SMILES string of the molecule is Cc1ccc2nc(CC3(C(=O)O)CCCC3)sc2c1. The molecule has 1 heterocycles. The first kappa shape index (κ1) is 12.6. The van der Waals surface area contributed by atoms with Crippen LogP contribution in [0.2, 0.25) is 0 Å². The summed E-state index contributed by atoms with van der Waals surface area (Å²) in [5, 5.41) is 10.5. The molecule has 3 nitrogen and oxygen atoms in total. The molecule has 3 rings (SSSR count). The standard InChI is InChI=1S/C15H17NO2S/c1-10-4-5-11-12(8-10)19-13(16-11)9-15(14(17)18)6-2-3-7-15/h4-5,8H,2-3,6-7,9H2,1H3,(H,17,18). The number of nitrogens with zero attached hydrogens (tertiary/aromatic N) is 1. The van der Waals surface area contributed by atoms with E-state index in [1.54, 1.807) is 11.3 Å². The Hall–Kier alpha value is -1.42. The highest BCUT2D eigenvalue weighted by atomic mass is 32.1. The van der Waals surface area contributed by atoms with E-state index in [0.717, 1.165) is 40.9 Å². The number of carbonyl (C=O) groups is 1. The number of thiazole rings is 1. The van der Waals surface area contributed by atoms with Gasteiger partial charge < -0.3 is 5.11 Å². The van der Waals surface area contributed by atoms with Gasteiger partial charge in [-0.1, -0.05) is 18.9 Å². The van der Waals surface area contributed by atoms with Crippen molar-refractivity contribution in [3.8, 4) is 0 Å². The molecule has 0 saturated heterocycles. The number of aromatic nitrogens is 1. The van der Waals surface area contributed by atoms with Crippen molar-refractivity contribution in [2.24, 2.45) is 5.41 Å². The van der Waals surface area contributed by atoms with Crippen LogP contribution in [0.25, 0.3) is 10.2 Å². The van der Waals surface area contributed by atoms with E-state index in [4.69, 9.17) is 0 Å². The molecule has 1 aromatic heterocycles. The number of carboxylic acids is 1. The molecule has 0 spiro atoms. The molecule has 2 aromatic rings. The Morgan fingerprint density at radius 2 is 2.16 bits per heavy atom. The van der Waals surface area contributed by atoms with Crippen molar-refractivity contribution in [2.75, 3.05) is 0 Å². The Bertz CT molecular complexity index is 626. The summed E-state index contributed by atoms with van der Waals surface area (Å²) in [6.07, 6.45) is 4.21. The zero-order valence-corrected chi connectivity index (χ0v) is 11.8. The minimum atomic E-state index is -0.652. The molecule has 0 amide bonds. The predicted octanol–water partition coefficient (Wildman–Crippen LogP) is 3.79. The molecule has 100 valence electrons. The van der Waals surface area contributed by atoms with Crippen LogP contribution in [0.5, 0.6) is 0 Å². The zero-order valence-electron chi connectivity index (χ0n) is 11.0. The fourth-order valence-electron chi connectivity index (χ4n) is 2.96. The molecule has 0 unspecified atom stereocenters. The largest absolute Gasteiger partial charge is 0.481 e. The first-order chi connectivity index (χ1) is 9.09. The molecule has 19 heavy (non-hydrogen) atoms. The van der Waals surface area contributed by atoms with Crippen LogP contribution in [0.15, 0.2) is 18.2 Å². The lowest BCUT2D eigenvalue weighted by Crippen LogP contribution is -2.30. The Morgan fingerprint density at radius 3 is 2.84 bits per heavy atom. The summed E-state index contributed by atoms with van der Waals surface area (Å²) in [6, 6.07) is 6.19. The number of aliphatic carboxylic acids is 1. The summed E-state index contributed by atoms with van der Waals surface area (Å²) in [5.74, 6) is -0.652. The Balaban J connectivity index is 1.94. The van der Waals surface area contributed by atoms with Crippen LogP contribution >= 0.6 is 11.3 Å². The van der Waals surface area contributed by atoms with E-state index < -0.39 is 11.4 Å². The lowest BCUT2D eigenvalue weighted by molar-refractivity contribution is -0.148. The normalized spacial score (nSPS) is 17.9. The summed E-state index contributed by atoms with van der Waals surface area (Å²) in [4.78, 5) is 16.2. The van der Waals surface area contributed by atoms with Crippen molar-refractivity contribution >= 4 is 27.5 Å². The quantitative estimate of drug-likeness (QED) is 0.927. The summed E-state index contributed by atoms with van der Waals surface area (Å²) in [7, 11) is 0. The third-order valence-corrected chi connectivity index (χ3v) is 5.11. The number of hydrogen-bond donors (Lipinski definition) is 1. The molecule has 0 atom stereocenters. The fraction of sp³-hybridized carbons (Fsp3) is 0.467. The third-order valence-electron chi connectivity index (χ3n) is 4.09. The van der Waals surface area contributed by atoms with E-state index in [2.05, 4.69) is 18.0 Å². The highest BCUT2D eigenvalue weighted by molar-refractivity contribution is 7.18. The fourth-order valence-corrected chi connectivity index (χ4v) is 4.17. The van der Waals surface area contributed by atoms with Crippen molar-refractivity contribution in [1.82, 2.24) is 4.98 Å². The molecule has 0 bridgehead atoms. The highest BCUT2D eigenvalue weighted by Crippen LogP contribution is 2.42. The molecular formula is C15H17NO2S. The van der Waals surface area contributed by atoms with Gasteiger partial charge in [-0.25, -0.2) is 4.98 Å². The number of carboxylic acid groups (broad SMARTS) is 1. The maximum absolute atomic E-state index is 11.6. The van der Waals surface area contributed by atoms with Gasteiger partial charge in [0.15, 0.2) is 0 Å². The van der Waals surface area contributed by atoms with Gasteiger partial charge in [0.05, 0.1) is 20.6 Å². The molecule has 0 aliphatic heterocycles. The van der Waals surface area contributed by atoms with Crippen LogP contribution in [0.1, 0.15) is 36.3 Å². The molecular weight excluding hydrogens is 258 g/mol. The molecule has 0 radical (unpaired) electrons. The van der Waals surface area contributed by atoms with Gasteiger partial charge in [-0.05, 0) is 37.5 Å². The molecule has 1 N–H and O–H groups in total. The van der Waals surface area contributed by atoms with Gasteiger partial charge >= 0.3 is 5.97 Å². The second kappa shape index (κ2) is 4.60. The average molecular weight is 275 g/mol. The van der Waals surface area contributed by atoms with Crippen LogP contribution in [0.3, 0.4) is 0 Å². The van der Waals surface area contributed by atoms with Crippen molar-refractivity contribution < 1.29 is 9.90 Å². The van der Waals surface area contributed by atoms with Crippen LogP contribution in [-0.2, 0) is 11.2 Å². The predicted molar refractivity (Wildman–Crippen MR) is 76.6 cm³/mol. The third kappa shape index (κ3) is 2.25. The highest BCUT2D eigenvalue weighted by Gasteiger charge is 2.42. The van der Waals surface area contributed by atoms with E-state index in [9.17, 15) is 9.90 Å². The first-order valence-corrected chi connectivity index (χ1v) is 7.50. The summed E-state index contributed by atoms with van der Waals surface area (Å²) in [5.41, 5.74) is 1.64. The summed E-state index contributed by atoms with van der Waals surface area (Å²) < 4.78 is 1.16. The number of benzene rings is 1. The minimum absolute atomic E-state index is 0.567. The minimum Gasteiger partial charge on any atom is -0.481 e. The van der Waals surface area contributed by atoms with Gasteiger partial charge in [0.25, 0.3) is 0 Å². The first-order valence-electron chi connectivity index (χ1n) is 6.69. The number of rotatable bonds is 3. The topological polar surface area (TPSA) is 50.2 Å². The molecule has 4 heteroatoms. The van der Waals surface area contributed by atoms with E-state index in [0.29, 0.717) is 6.42 Å².